The number of benzene rings is 9. The lowest BCUT2D eigenvalue weighted by Crippen LogP contribution is -2.13. The predicted molar refractivity (Wildman–Crippen MR) is 275 cm³/mol. The van der Waals surface area contributed by atoms with E-state index in [0.717, 1.165) is 73.2 Å². The molecule has 65 heavy (non-hydrogen) atoms. The van der Waals surface area contributed by atoms with Crippen LogP contribution in [-0.4, -0.2) is 5.25 Å². The summed E-state index contributed by atoms with van der Waals surface area (Å²) in [6.45, 7) is 0. The van der Waals surface area contributed by atoms with Gasteiger partial charge < -0.3 is 9.32 Å². The first-order chi connectivity index (χ1) is 32.2. The maximum absolute atomic E-state index is 6.62. The maximum atomic E-state index is 6.62. The molecular formula is C62H39NOS. The molecule has 0 bridgehead atoms. The molecule has 304 valence electrons. The Morgan fingerprint density at radius 2 is 1.20 bits per heavy atom. The SMILES string of the molecule is C1=C=C(c2ccc(-c3c(N(c4ccc(C5=CC=C6c7ccccc7SC6C5)cc4)c4cccc(-c5cccc6c5oc5ccccc56)c4)c4ccccc4c4ccccc34)cc2)C=CC=1. The second kappa shape index (κ2) is 15.3. The fraction of sp³-hybridized carbons (Fsp3) is 0.0323. The van der Waals surface area contributed by atoms with Crippen molar-refractivity contribution in [3.63, 3.8) is 0 Å². The highest BCUT2D eigenvalue weighted by molar-refractivity contribution is 8.00. The summed E-state index contributed by atoms with van der Waals surface area (Å²) < 4.78 is 6.62. The predicted octanol–water partition coefficient (Wildman–Crippen LogP) is 17.3. The van der Waals surface area contributed by atoms with E-state index in [1.165, 1.54) is 54.3 Å². The lowest BCUT2D eigenvalue weighted by atomic mass is 9.88. The van der Waals surface area contributed by atoms with E-state index in [1.807, 2.05) is 30.0 Å². The quantitative estimate of drug-likeness (QED) is 0.117. The zero-order valence-electron chi connectivity index (χ0n) is 35.3. The van der Waals surface area contributed by atoms with Gasteiger partial charge in [-0.05, 0) is 110 Å². The number of allylic oxidation sites excluding steroid dienone is 7. The molecule has 3 aliphatic rings. The first-order valence-electron chi connectivity index (χ1n) is 22.2. The van der Waals surface area contributed by atoms with Crippen LogP contribution in [0.2, 0.25) is 0 Å². The van der Waals surface area contributed by atoms with Crippen LogP contribution in [0, 0.1) is 0 Å². The lowest BCUT2D eigenvalue weighted by Gasteiger charge is -2.31. The van der Waals surface area contributed by atoms with E-state index in [9.17, 15) is 0 Å². The molecule has 0 amide bonds. The molecule has 0 N–H and O–H groups in total. The summed E-state index contributed by atoms with van der Waals surface area (Å²) in [5.41, 5.74) is 23.5. The van der Waals surface area contributed by atoms with Gasteiger partial charge in [0.25, 0.3) is 0 Å². The summed E-state index contributed by atoms with van der Waals surface area (Å²) >= 11 is 2.00. The van der Waals surface area contributed by atoms with Crippen molar-refractivity contribution in [3.8, 4) is 22.3 Å². The third-order valence-corrected chi connectivity index (χ3v) is 14.6. The highest BCUT2D eigenvalue weighted by Gasteiger charge is 2.30. The summed E-state index contributed by atoms with van der Waals surface area (Å²) in [4.78, 5) is 3.87. The molecule has 1 atom stereocenters. The zero-order chi connectivity index (χ0) is 42.8. The van der Waals surface area contributed by atoms with Crippen LogP contribution >= 0.6 is 11.8 Å². The van der Waals surface area contributed by atoms with Gasteiger partial charge in [-0.2, -0.15) is 0 Å². The van der Waals surface area contributed by atoms with E-state index in [1.54, 1.807) is 0 Å². The van der Waals surface area contributed by atoms with Crippen molar-refractivity contribution in [2.45, 2.75) is 16.6 Å². The van der Waals surface area contributed by atoms with Crippen LogP contribution in [0.5, 0.6) is 0 Å². The second-order valence-electron chi connectivity index (χ2n) is 16.9. The number of hydrogen-bond donors (Lipinski definition) is 0. The average Bonchev–Trinajstić information content (AvgIpc) is 3.95. The monoisotopic (exact) mass is 845 g/mol. The molecule has 10 aromatic rings. The molecule has 0 saturated carbocycles. The Hall–Kier alpha value is -8.03. The fourth-order valence-corrected chi connectivity index (χ4v) is 11.6. The normalized spacial score (nSPS) is 15.0. The summed E-state index contributed by atoms with van der Waals surface area (Å²) in [7, 11) is 0. The molecule has 1 aliphatic heterocycles. The molecule has 2 heterocycles. The van der Waals surface area contributed by atoms with Crippen LogP contribution in [0.3, 0.4) is 0 Å². The Morgan fingerprint density at radius 3 is 2.03 bits per heavy atom. The van der Waals surface area contributed by atoms with Gasteiger partial charge in [0, 0.05) is 54.4 Å². The van der Waals surface area contributed by atoms with Gasteiger partial charge in [-0.1, -0.05) is 181 Å². The number of anilines is 3. The molecule has 2 aliphatic carbocycles. The first kappa shape index (κ1) is 37.5. The molecule has 0 radical (unpaired) electrons. The molecule has 1 aromatic heterocycles. The zero-order valence-corrected chi connectivity index (χ0v) is 36.1. The van der Waals surface area contributed by atoms with Crippen LogP contribution in [0.25, 0.3) is 82.5 Å². The van der Waals surface area contributed by atoms with Crippen LogP contribution in [0.1, 0.15) is 23.1 Å². The largest absolute Gasteiger partial charge is 0.455 e. The van der Waals surface area contributed by atoms with Gasteiger partial charge in [0.05, 0.1) is 5.69 Å². The molecular weight excluding hydrogens is 807 g/mol. The van der Waals surface area contributed by atoms with Crippen molar-refractivity contribution in [2.75, 3.05) is 4.90 Å². The van der Waals surface area contributed by atoms with E-state index >= 15 is 0 Å². The van der Waals surface area contributed by atoms with Crippen molar-refractivity contribution >= 4 is 89.0 Å². The minimum Gasteiger partial charge on any atom is -0.455 e. The van der Waals surface area contributed by atoms with E-state index < -0.39 is 0 Å². The van der Waals surface area contributed by atoms with E-state index in [-0.39, 0.29) is 0 Å². The van der Waals surface area contributed by atoms with Crippen LogP contribution < -0.4 is 4.90 Å². The van der Waals surface area contributed by atoms with Crippen molar-refractivity contribution < 1.29 is 4.42 Å². The number of furan rings is 1. The number of para-hydroxylation sites is 2. The third-order valence-electron chi connectivity index (χ3n) is 13.3. The maximum Gasteiger partial charge on any atom is 0.143 e. The van der Waals surface area contributed by atoms with Crippen molar-refractivity contribution in [3.05, 3.63) is 247 Å². The summed E-state index contributed by atoms with van der Waals surface area (Å²) in [6, 6.07) is 68.6. The standard InChI is InChI=1S/C62H39NOS/c1-2-14-40(15-3-1)41-28-30-43(31-29-41)60-54-22-6-4-18-49(54)50-19-5-7-23-55(50)61(60)63(46-35-32-42(33-36-46)44-34-37-53-52-21-9-11-27-58(52)65-59(53)39-44)47-17-12-16-45(38-47)48-24-13-25-56-51-20-8-10-26-57(51)64-62(48)56/h1-2,4-14,16-38,59H,39H2. The minimum absolute atomic E-state index is 0.429. The van der Waals surface area contributed by atoms with E-state index in [0.29, 0.717) is 5.25 Å². The van der Waals surface area contributed by atoms with Crippen LogP contribution in [0.4, 0.5) is 17.1 Å². The smallest absolute Gasteiger partial charge is 0.143 e. The number of fused-ring (bicyclic) bond motifs is 9. The Labute approximate surface area is 381 Å². The van der Waals surface area contributed by atoms with Gasteiger partial charge in [-0.3, -0.25) is 0 Å². The lowest BCUT2D eigenvalue weighted by molar-refractivity contribution is 0.670. The van der Waals surface area contributed by atoms with E-state index in [2.05, 4.69) is 217 Å². The topological polar surface area (TPSA) is 16.4 Å². The summed E-state index contributed by atoms with van der Waals surface area (Å²) in [6.07, 6.45) is 11.7. The third kappa shape index (κ3) is 6.29. The Balaban J connectivity index is 1.03. The second-order valence-corrected chi connectivity index (χ2v) is 18.2. The van der Waals surface area contributed by atoms with Crippen LogP contribution in [-0.2, 0) is 0 Å². The highest BCUT2D eigenvalue weighted by atomic mass is 32.2. The number of hydrogen-bond acceptors (Lipinski definition) is 3. The summed E-state index contributed by atoms with van der Waals surface area (Å²) in [5.74, 6) is 0. The highest BCUT2D eigenvalue weighted by Crippen LogP contribution is 2.52. The Kier molecular flexibility index (Phi) is 8.86. The fourth-order valence-electron chi connectivity index (χ4n) is 10.2. The molecule has 0 spiro atoms. The molecule has 9 aromatic carbocycles. The number of rotatable bonds is 7. The van der Waals surface area contributed by atoms with E-state index in [4.69, 9.17) is 4.42 Å². The number of nitrogens with zero attached hydrogens (tertiary/aromatic N) is 1. The molecule has 1 unspecified atom stereocenters. The van der Waals surface area contributed by atoms with Crippen molar-refractivity contribution in [1.82, 2.24) is 0 Å². The van der Waals surface area contributed by atoms with Gasteiger partial charge in [0.15, 0.2) is 0 Å². The molecule has 0 saturated heterocycles. The van der Waals surface area contributed by atoms with Gasteiger partial charge >= 0.3 is 0 Å². The molecule has 2 nitrogen and oxygen atoms in total. The average molecular weight is 846 g/mol. The minimum atomic E-state index is 0.429. The first-order valence-corrected chi connectivity index (χ1v) is 23.1. The van der Waals surface area contributed by atoms with Gasteiger partial charge in [0.2, 0.25) is 0 Å². The number of thioether (sulfide) groups is 1. The van der Waals surface area contributed by atoms with Gasteiger partial charge in [-0.25, -0.2) is 0 Å². The van der Waals surface area contributed by atoms with Gasteiger partial charge in [0.1, 0.15) is 11.2 Å². The summed E-state index contributed by atoms with van der Waals surface area (Å²) in [5, 5.41) is 7.48. The molecule has 0 fully saturated rings. The van der Waals surface area contributed by atoms with Crippen molar-refractivity contribution in [1.29, 1.82) is 0 Å². The van der Waals surface area contributed by atoms with Crippen LogP contribution in [0.15, 0.2) is 239 Å². The molecule has 13 rings (SSSR count). The Morgan fingerprint density at radius 1 is 0.523 bits per heavy atom. The Bertz CT molecular complexity index is 3790. The van der Waals surface area contributed by atoms with Crippen molar-refractivity contribution in [2.24, 2.45) is 0 Å². The van der Waals surface area contributed by atoms with Gasteiger partial charge in [-0.15, -0.1) is 11.8 Å². The molecule has 3 heteroatoms.